The second-order valence-corrected chi connectivity index (χ2v) is 5.14. The van der Waals surface area contributed by atoms with Gasteiger partial charge in [0.25, 0.3) is 0 Å². The summed E-state index contributed by atoms with van der Waals surface area (Å²) in [5.41, 5.74) is 0.958. The molecule has 0 saturated heterocycles. The minimum Gasteiger partial charge on any atom is -0.356 e. The Morgan fingerprint density at radius 3 is 2.78 bits per heavy atom. The Balaban J connectivity index is 1.63. The maximum atomic E-state index is 13.1. The maximum absolute atomic E-state index is 13.1. The molecule has 1 heterocycles. The van der Waals surface area contributed by atoms with Crippen molar-refractivity contribution in [2.45, 2.75) is 26.2 Å². The van der Waals surface area contributed by atoms with E-state index in [1.165, 1.54) is 6.07 Å². The molecule has 0 unspecified atom stereocenters. The number of rotatable bonds is 7. The van der Waals surface area contributed by atoms with E-state index in [9.17, 15) is 4.39 Å². The number of guanidine groups is 1. The first-order chi connectivity index (χ1) is 11.2. The standard InChI is InChI=1S/C16H22FN5O/c1-12-21-15(23-22-12)7-4-9-19-16(18-2)20-10-8-13-5-3-6-14(17)11-13/h3,5-6,11H,4,7-10H2,1-2H3,(H2,18,19,20). The Hall–Kier alpha value is -2.44. The Kier molecular flexibility index (Phi) is 6.53. The van der Waals surface area contributed by atoms with Crippen molar-refractivity contribution >= 4 is 5.96 Å². The minimum absolute atomic E-state index is 0.207. The van der Waals surface area contributed by atoms with Crippen molar-refractivity contribution in [3.05, 3.63) is 47.4 Å². The lowest BCUT2D eigenvalue weighted by Crippen LogP contribution is -2.38. The van der Waals surface area contributed by atoms with Gasteiger partial charge in [-0.15, -0.1) is 0 Å². The summed E-state index contributed by atoms with van der Waals surface area (Å²) in [6, 6.07) is 6.62. The fraction of sp³-hybridized carbons (Fsp3) is 0.438. The van der Waals surface area contributed by atoms with Crippen LogP contribution in [0.2, 0.25) is 0 Å². The van der Waals surface area contributed by atoms with Crippen molar-refractivity contribution in [2.24, 2.45) is 4.99 Å². The van der Waals surface area contributed by atoms with Gasteiger partial charge in [0, 0.05) is 26.6 Å². The summed E-state index contributed by atoms with van der Waals surface area (Å²) >= 11 is 0. The van der Waals surface area contributed by atoms with Crippen molar-refractivity contribution in [3.8, 4) is 0 Å². The molecule has 0 aliphatic carbocycles. The number of aromatic nitrogens is 2. The van der Waals surface area contributed by atoms with Gasteiger partial charge in [-0.2, -0.15) is 4.98 Å². The van der Waals surface area contributed by atoms with Gasteiger partial charge in [0.15, 0.2) is 11.8 Å². The topological polar surface area (TPSA) is 75.3 Å². The average molecular weight is 319 g/mol. The van der Waals surface area contributed by atoms with Crippen molar-refractivity contribution in [1.82, 2.24) is 20.8 Å². The molecule has 0 atom stereocenters. The fourth-order valence-electron chi connectivity index (χ4n) is 2.13. The molecule has 1 aromatic heterocycles. The fourth-order valence-corrected chi connectivity index (χ4v) is 2.13. The second kappa shape index (κ2) is 8.87. The van der Waals surface area contributed by atoms with Crippen LogP contribution in [-0.4, -0.2) is 36.2 Å². The zero-order chi connectivity index (χ0) is 16.5. The van der Waals surface area contributed by atoms with Gasteiger partial charge in [-0.25, -0.2) is 4.39 Å². The lowest BCUT2D eigenvalue weighted by atomic mass is 10.1. The Labute approximate surface area is 135 Å². The van der Waals surface area contributed by atoms with Crippen LogP contribution in [-0.2, 0) is 12.8 Å². The monoisotopic (exact) mass is 319 g/mol. The number of hydrogen-bond acceptors (Lipinski definition) is 4. The van der Waals surface area contributed by atoms with Gasteiger partial charge in [0.2, 0.25) is 5.89 Å². The molecule has 0 saturated carbocycles. The van der Waals surface area contributed by atoms with Gasteiger partial charge < -0.3 is 15.2 Å². The summed E-state index contributed by atoms with van der Waals surface area (Å²) in [6.45, 7) is 3.24. The van der Waals surface area contributed by atoms with E-state index in [1.54, 1.807) is 26.1 Å². The molecular weight excluding hydrogens is 297 g/mol. The van der Waals surface area contributed by atoms with E-state index in [0.717, 1.165) is 37.3 Å². The van der Waals surface area contributed by atoms with E-state index in [2.05, 4.69) is 25.8 Å². The SMILES string of the molecule is CN=C(NCCCc1nc(C)no1)NCCc1cccc(F)c1. The van der Waals surface area contributed by atoms with Gasteiger partial charge >= 0.3 is 0 Å². The smallest absolute Gasteiger partial charge is 0.226 e. The molecule has 6 nitrogen and oxygen atoms in total. The van der Waals surface area contributed by atoms with E-state index in [4.69, 9.17) is 4.52 Å². The first-order valence-corrected chi connectivity index (χ1v) is 7.65. The molecule has 0 spiro atoms. The van der Waals surface area contributed by atoms with Gasteiger partial charge in [-0.05, 0) is 37.5 Å². The van der Waals surface area contributed by atoms with Crippen LogP contribution >= 0.6 is 0 Å². The van der Waals surface area contributed by atoms with E-state index in [0.29, 0.717) is 18.3 Å². The molecule has 2 N–H and O–H groups in total. The van der Waals surface area contributed by atoms with Crippen molar-refractivity contribution in [1.29, 1.82) is 0 Å². The number of aliphatic imine (C=N–C) groups is 1. The zero-order valence-electron chi connectivity index (χ0n) is 13.5. The van der Waals surface area contributed by atoms with Crippen molar-refractivity contribution in [2.75, 3.05) is 20.1 Å². The van der Waals surface area contributed by atoms with Gasteiger partial charge in [-0.1, -0.05) is 17.3 Å². The van der Waals surface area contributed by atoms with Crippen LogP contribution in [0.4, 0.5) is 4.39 Å². The third-order valence-electron chi connectivity index (χ3n) is 3.25. The predicted molar refractivity (Wildman–Crippen MR) is 86.8 cm³/mol. The summed E-state index contributed by atoms with van der Waals surface area (Å²) in [4.78, 5) is 8.31. The van der Waals surface area contributed by atoms with Crippen LogP contribution < -0.4 is 10.6 Å². The molecule has 0 fully saturated rings. The van der Waals surface area contributed by atoms with Gasteiger partial charge in [0.1, 0.15) is 5.82 Å². The molecule has 0 aliphatic rings. The molecule has 2 rings (SSSR count). The van der Waals surface area contributed by atoms with E-state index < -0.39 is 0 Å². The van der Waals surface area contributed by atoms with Crippen LogP contribution in [0.25, 0.3) is 0 Å². The number of halogens is 1. The molecule has 23 heavy (non-hydrogen) atoms. The first-order valence-electron chi connectivity index (χ1n) is 7.65. The highest BCUT2D eigenvalue weighted by molar-refractivity contribution is 5.79. The van der Waals surface area contributed by atoms with Crippen LogP contribution in [0.15, 0.2) is 33.8 Å². The van der Waals surface area contributed by atoms with Crippen molar-refractivity contribution < 1.29 is 8.91 Å². The highest BCUT2D eigenvalue weighted by Crippen LogP contribution is 2.03. The van der Waals surface area contributed by atoms with Crippen LogP contribution in [0.5, 0.6) is 0 Å². The van der Waals surface area contributed by atoms with Gasteiger partial charge in [-0.3, -0.25) is 4.99 Å². The van der Waals surface area contributed by atoms with E-state index in [-0.39, 0.29) is 5.82 Å². The van der Waals surface area contributed by atoms with Crippen molar-refractivity contribution in [3.63, 3.8) is 0 Å². The summed E-state index contributed by atoms with van der Waals surface area (Å²) in [7, 11) is 1.72. The minimum atomic E-state index is -0.207. The summed E-state index contributed by atoms with van der Waals surface area (Å²) < 4.78 is 18.1. The maximum Gasteiger partial charge on any atom is 0.226 e. The molecule has 0 radical (unpaired) electrons. The van der Waals surface area contributed by atoms with E-state index in [1.807, 2.05) is 6.07 Å². The largest absolute Gasteiger partial charge is 0.356 e. The molecule has 124 valence electrons. The molecule has 0 aliphatic heterocycles. The normalized spacial score (nSPS) is 11.5. The number of benzene rings is 1. The summed E-state index contributed by atoms with van der Waals surface area (Å²) in [6.07, 6.45) is 2.33. The molecular formula is C16H22FN5O. The van der Waals surface area contributed by atoms with Crippen LogP contribution in [0.3, 0.4) is 0 Å². The Bertz CT molecular complexity index is 641. The summed E-state index contributed by atoms with van der Waals surface area (Å²) in [5.74, 6) is 1.82. The van der Waals surface area contributed by atoms with Crippen LogP contribution in [0, 0.1) is 12.7 Å². The number of hydrogen-bond donors (Lipinski definition) is 2. The molecule has 1 aromatic carbocycles. The Morgan fingerprint density at radius 2 is 2.09 bits per heavy atom. The first kappa shape index (κ1) is 16.9. The highest BCUT2D eigenvalue weighted by atomic mass is 19.1. The van der Waals surface area contributed by atoms with Crippen LogP contribution in [0.1, 0.15) is 23.7 Å². The second-order valence-electron chi connectivity index (χ2n) is 5.14. The molecule has 7 heteroatoms. The number of aryl methyl sites for hydroxylation is 2. The predicted octanol–water partition coefficient (Wildman–Crippen LogP) is 1.86. The molecule has 2 aromatic rings. The molecule has 0 bridgehead atoms. The lowest BCUT2D eigenvalue weighted by molar-refractivity contribution is 0.372. The van der Waals surface area contributed by atoms with Gasteiger partial charge in [0.05, 0.1) is 0 Å². The summed E-state index contributed by atoms with van der Waals surface area (Å²) in [5, 5.41) is 10.2. The quantitative estimate of drug-likeness (QED) is 0.463. The molecule has 0 amide bonds. The lowest BCUT2D eigenvalue weighted by Gasteiger charge is -2.11. The average Bonchev–Trinajstić information content (AvgIpc) is 2.95. The highest BCUT2D eigenvalue weighted by Gasteiger charge is 2.03. The third-order valence-corrected chi connectivity index (χ3v) is 3.25. The number of nitrogens with zero attached hydrogens (tertiary/aromatic N) is 3. The zero-order valence-corrected chi connectivity index (χ0v) is 13.5. The third kappa shape index (κ3) is 6.06. The van der Waals surface area contributed by atoms with E-state index >= 15 is 0 Å². The Morgan fingerprint density at radius 1 is 1.26 bits per heavy atom. The number of nitrogens with one attached hydrogen (secondary N) is 2.